The van der Waals surface area contributed by atoms with Gasteiger partial charge in [0.1, 0.15) is 5.82 Å². The van der Waals surface area contributed by atoms with Crippen LogP contribution in [0.5, 0.6) is 0 Å². The summed E-state index contributed by atoms with van der Waals surface area (Å²) in [5.74, 6) is -0.526. The van der Waals surface area contributed by atoms with Crippen molar-refractivity contribution in [3.8, 4) is 0 Å². The molecule has 2 N–H and O–H groups in total. The summed E-state index contributed by atoms with van der Waals surface area (Å²) in [6.07, 6.45) is 2.28. The lowest BCUT2D eigenvalue weighted by molar-refractivity contribution is -0.115. The molecule has 0 bridgehead atoms. The minimum atomic E-state index is -0.382. The van der Waals surface area contributed by atoms with Crippen molar-refractivity contribution in [1.82, 2.24) is 5.32 Å². The second-order valence-corrected chi connectivity index (χ2v) is 4.69. The molecular formula is C11H12BrFN2O. The van der Waals surface area contributed by atoms with E-state index in [1.165, 1.54) is 6.07 Å². The summed E-state index contributed by atoms with van der Waals surface area (Å²) in [6.45, 7) is 0.280. The molecule has 86 valence electrons. The van der Waals surface area contributed by atoms with Crippen molar-refractivity contribution in [1.29, 1.82) is 0 Å². The van der Waals surface area contributed by atoms with Gasteiger partial charge in [-0.25, -0.2) is 4.39 Å². The number of hydrogen-bond donors (Lipinski definition) is 2. The highest BCUT2D eigenvalue weighted by atomic mass is 79.9. The monoisotopic (exact) mass is 286 g/mol. The minimum absolute atomic E-state index is 0.145. The third-order valence-electron chi connectivity index (χ3n) is 2.33. The van der Waals surface area contributed by atoms with Crippen molar-refractivity contribution >= 4 is 27.5 Å². The Bertz CT molecular complexity index is 407. The van der Waals surface area contributed by atoms with Crippen LogP contribution in [0, 0.1) is 5.82 Å². The van der Waals surface area contributed by atoms with Crippen LogP contribution in [0.4, 0.5) is 10.1 Å². The van der Waals surface area contributed by atoms with Crippen molar-refractivity contribution in [3.63, 3.8) is 0 Å². The van der Waals surface area contributed by atoms with E-state index < -0.39 is 0 Å². The van der Waals surface area contributed by atoms with Crippen LogP contribution in [0.2, 0.25) is 0 Å². The number of carbonyl (C=O) groups excluding carboxylic acids is 1. The second-order valence-electron chi connectivity index (χ2n) is 3.83. The van der Waals surface area contributed by atoms with Crippen LogP contribution in [0.15, 0.2) is 22.7 Å². The first kappa shape index (κ1) is 11.5. The maximum atomic E-state index is 13.1. The summed E-state index contributed by atoms with van der Waals surface area (Å²) >= 11 is 3.05. The Labute approximate surface area is 102 Å². The fraction of sp³-hybridized carbons (Fsp3) is 0.364. The molecular weight excluding hydrogens is 275 g/mol. The molecule has 2 rings (SSSR count). The summed E-state index contributed by atoms with van der Waals surface area (Å²) in [5.41, 5.74) is 0.475. The second kappa shape index (κ2) is 4.93. The van der Waals surface area contributed by atoms with Gasteiger partial charge in [0, 0.05) is 11.7 Å². The molecule has 0 heterocycles. The molecule has 1 amide bonds. The first-order valence-corrected chi connectivity index (χ1v) is 5.93. The molecule has 0 aliphatic heterocycles. The number of amides is 1. The summed E-state index contributed by atoms with van der Waals surface area (Å²) in [4.78, 5) is 11.4. The topological polar surface area (TPSA) is 41.1 Å². The molecule has 0 radical (unpaired) electrons. The highest BCUT2D eigenvalue weighted by Crippen LogP contribution is 2.20. The first-order chi connectivity index (χ1) is 7.65. The normalized spacial score (nSPS) is 14.9. The zero-order valence-corrected chi connectivity index (χ0v) is 10.2. The summed E-state index contributed by atoms with van der Waals surface area (Å²) in [7, 11) is 0. The number of rotatable bonds is 4. The van der Waals surface area contributed by atoms with Gasteiger partial charge >= 0.3 is 0 Å². The van der Waals surface area contributed by atoms with Crippen LogP contribution in [0.3, 0.4) is 0 Å². The maximum absolute atomic E-state index is 13.1. The molecule has 1 aromatic rings. The average molecular weight is 287 g/mol. The van der Waals surface area contributed by atoms with Gasteiger partial charge in [0.05, 0.1) is 11.0 Å². The summed E-state index contributed by atoms with van der Waals surface area (Å²) in [5, 5.41) is 5.72. The number of anilines is 1. The molecule has 3 nitrogen and oxygen atoms in total. The number of nitrogens with one attached hydrogen (secondary N) is 2. The van der Waals surface area contributed by atoms with E-state index in [-0.39, 0.29) is 18.3 Å². The minimum Gasteiger partial charge on any atom is -0.325 e. The third-order valence-corrected chi connectivity index (χ3v) is 2.98. The van der Waals surface area contributed by atoms with Crippen LogP contribution in [0.25, 0.3) is 0 Å². The van der Waals surface area contributed by atoms with E-state index in [9.17, 15) is 9.18 Å². The Balaban J connectivity index is 1.86. The molecule has 5 heteroatoms. The molecule has 1 saturated carbocycles. The molecule has 0 aromatic heterocycles. The fourth-order valence-electron chi connectivity index (χ4n) is 1.30. The lowest BCUT2D eigenvalue weighted by Gasteiger charge is -2.06. The third kappa shape index (κ3) is 3.28. The highest BCUT2D eigenvalue weighted by molar-refractivity contribution is 9.10. The zero-order valence-electron chi connectivity index (χ0n) is 8.59. The molecule has 0 atom stereocenters. The van der Waals surface area contributed by atoms with Crippen molar-refractivity contribution in [2.75, 3.05) is 11.9 Å². The maximum Gasteiger partial charge on any atom is 0.238 e. The van der Waals surface area contributed by atoms with Gasteiger partial charge in [0.15, 0.2) is 0 Å². The number of hydrogen-bond acceptors (Lipinski definition) is 2. The Morgan fingerprint density at radius 2 is 2.25 bits per heavy atom. The van der Waals surface area contributed by atoms with Gasteiger partial charge in [-0.2, -0.15) is 0 Å². The molecule has 16 heavy (non-hydrogen) atoms. The fourth-order valence-corrected chi connectivity index (χ4v) is 1.55. The lowest BCUT2D eigenvalue weighted by atomic mass is 10.3. The van der Waals surface area contributed by atoms with Gasteiger partial charge in [-0.1, -0.05) is 0 Å². The van der Waals surface area contributed by atoms with Gasteiger partial charge in [-0.15, -0.1) is 0 Å². The van der Waals surface area contributed by atoms with Crippen molar-refractivity contribution in [2.45, 2.75) is 18.9 Å². The van der Waals surface area contributed by atoms with Gasteiger partial charge in [-0.05, 0) is 47.0 Å². The Kier molecular flexibility index (Phi) is 3.56. The van der Waals surface area contributed by atoms with E-state index >= 15 is 0 Å². The van der Waals surface area contributed by atoms with Crippen molar-refractivity contribution < 1.29 is 9.18 Å². The zero-order chi connectivity index (χ0) is 11.5. The standard InChI is InChI=1S/C11H12BrFN2O/c12-9-4-3-8(5-10(9)13)15-11(16)6-14-7-1-2-7/h3-5,7,14H,1-2,6H2,(H,15,16). The predicted octanol–water partition coefficient (Wildman–Crippen LogP) is 2.28. The van der Waals surface area contributed by atoms with E-state index in [0.717, 1.165) is 12.8 Å². The van der Waals surface area contributed by atoms with E-state index in [0.29, 0.717) is 16.2 Å². The Morgan fingerprint density at radius 3 is 2.88 bits per heavy atom. The first-order valence-electron chi connectivity index (χ1n) is 5.13. The molecule has 1 fully saturated rings. The van der Waals surface area contributed by atoms with Crippen LogP contribution in [-0.2, 0) is 4.79 Å². The smallest absolute Gasteiger partial charge is 0.238 e. The Morgan fingerprint density at radius 1 is 1.50 bits per heavy atom. The van der Waals surface area contributed by atoms with Crippen LogP contribution < -0.4 is 10.6 Å². The van der Waals surface area contributed by atoms with Crippen LogP contribution in [0.1, 0.15) is 12.8 Å². The predicted molar refractivity (Wildman–Crippen MR) is 63.8 cm³/mol. The van der Waals surface area contributed by atoms with Crippen molar-refractivity contribution in [3.05, 3.63) is 28.5 Å². The lowest BCUT2D eigenvalue weighted by Crippen LogP contribution is -2.29. The number of halogens is 2. The average Bonchev–Trinajstić information content (AvgIpc) is 3.04. The van der Waals surface area contributed by atoms with Crippen LogP contribution >= 0.6 is 15.9 Å². The SMILES string of the molecule is O=C(CNC1CC1)Nc1ccc(Br)c(F)c1. The van der Waals surface area contributed by atoms with E-state index in [4.69, 9.17) is 0 Å². The highest BCUT2D eigenvalue weighted by Gasteiger charge is 2.21. The molecule has 0 saturated heterocycles. The van der Waals surface area contributed by atoms with Gasteiger partial charge < -0.3 is 10.6 Å². The molecule has 1 aliphatic carbocycles. The van der Waals surface area contributed by atoms with Gasteiger partial charge in [0.25, 0.3) is 0 Å². The van der Waals surface area contributed by atoms with Gasteiger partial charge in [0.2, 0.25) is 5.91 Å². The van der Waals surface area contributed by atoms with Gasteiger partial charge in [-0.3, -0.25) is 4.79 Å². The molecule has 1 aliphatic rings. The Hall–Kier alpha value is -0.940. The van der Waals surface area contributed by atoms with Crippen molar-refractivity contribution in [2.24, 2.45) is 0 Å². The largest absolute Gasteiger partial charge is 0.325 e. The van der Waals surface area contributed by atoms with E-state index in [2.05, 4.69) is 26.6 Å². The quantitative estimate of drug-likeness (QED) is 0.892. The number of carbonyl (C=O) groups is 1. The summed E-state index contributed by atoms with van der Waals surface area (Å²) < 4.78 is 13.5. The molecule has 1 aromatic carbocycles. The van der Waals surface area contributed by atoms with E-state index in [1.807, 2.05) is 0 Å². The van der Waals surface area contributed by atoms with Crippen LogP contribution in [-0.4, -0.2) is 18.5 Å². The molecule has 0 unspecified atom stereocenters. The van der Waals surface area contributed by atoms with E-state index in [1.54, 1.807) is 12.1 Å². The molecule has 0 spiro atoms. The summed E-state index contributed by atoms with van der Waals surface area (Å²) in [6, 6.07) is 5.01. The number of benzene rings is 1.